The number of morpholine rings is 1. The Bertz CT molecular complexity index is 1200. The summed E-state index contributed by atoms with van der Waals surface area (Å²) in [6.45, 7) is 1.09. The number of hydrogen-bond donors (Lipinski definition) is 1. The van der Waals surface area contributed by atoms with Gasteiger partial charge in [0.15, 0.2) is 0 Å². The molecule has 1 aromatic carbocycles. The number of anilines is 1. The number of fused-ring (bicyclic) bond motifs is 1. The number of nitrogens with one attached hydrogen (secondary N) is 1. The van der Waals surface area contributed by atoms with E-state index in [1.807, 2.05) is 18.2 Å². The maximum atomic E-state index is 15.0. The fourth-order valence-corrected chi connectivity index (χ4v) is 5.31. The first-order valence-corrected chi connectivity index (χ1v) is 12.2. The van der Waals surface area contributed by atoms with E-state index in [0.29, 0.717) is 30.9 Å². The molecule has 1 saturated heterocycles. The number of carbonyl (C=O) groups excluding carboxylic acids is 1. The summed E-state index contributed by atoms with van der Waals surface area (Å²) in [6.07, 6.45) is 6.81. The molecular weight excluding hydrogens is 433 g/mol. The molecule has 0 spiro atoms. The summed E-state index contributed by atoms with van der Waals surface area (Å²) in [7, 11) is -3.86. The second-order valence-corrected chi connectivity index (χ2v) is 10.0. The molecule has 2 aromatic rings. The number of rotatable bonds is 7. The summed E-state index contributed by atoms with van der Waals surface area (Å²) in [6, 6.07) is 6.30. The fraction of sp³-hybridized carbons (Fsp3) is 0.391. The number of pyridine rings is 1. The minimum atomic E-state index is -3.86. The number of hydrogen-bond acceptors (Lipinski definition) is 5. The van der Waals surface area contributed by atoms with Crippen molar-refractivity contribution in [2.45, 2.75) is 25.7 Å². The van der Waals surface area contributed by atoms with Gasteiger partial charge in [0.2, 0.25) is 0 Å². The van der Waals surface area contributed by atoms with Crippen LogP contribution in [0.2, 0.25) is 0 Å². The Morgan fingerprint density at radius 1 is 1.22 bits per heavy atom. The number of ketones is 1. The molecule has 2 fully saturated rings. The average Bonchev–Trinajstić information content (AvgIpc) is 3.53. The maximum Gasteiger partial charge on any atom is 0.301 e. The molecule has 0 unspecified atom stereocenters. The van der Waals surface area contributed by atoms with Crippen LogP contribution in [0, 0.1) is 11.7 Å². The summed E-state index contributed by atoms with van der Waals surface area (Å²) in [4.78, 5) is 16.9. The lowest BCUT2D eigenvalue weighted by Crippen LogP contribution is -2.43. The van der Waals surface area contributed by atoms with Crippen LogP contribution < -0.4 is 4.72 Å². The van der Waals surface area contributed by atoms with Crippen molar-refractivity contribution in [1.29, 1.82) is 0 Å². The van der Waals surface area contributed by atoms with Gasteiger partial charge >= 0.3 is 10.2 Å². The smallest absolute Gasteiger partial charge is 0.301 e. The number of aromatic nitrogens is 1. The van der Waals surface area contributed by atoms with E-state index in [4.69, 9.17) is 4.74 Å². The van der Waals surface area contributed by atoms with Crippen LogP contribution in [0.3, 0.4) is 0 Å². The van der Waals surface area contributed by atoms with Gasteiger partial charge in [0.05, 0.1) is 24.6 Å². The molecule has 1 aromatic heterocycles. The Hall–Kier alpha value is -2.62. The molecule has 0 bridgehead atoms. The number of ether oxygens (including phenoxy) is 1. The van der Waals surface area contributed by atoms with Gasteiger partial charge in [-0.3, -0.25) is 14.5 Å². The predicted octanol–water partition coefficient (Wildman–Crippen LogP) is 2.97. The van der Waals surface area contributed by atoms with Crippen LogP contribution in [0.25, 0.3) is 17.2 Å². The predicted molar refractivity (Wildman–Crippen MR) is 119 cm³/mol. The van der Waals surface area contributed by atoms with Gasteiger partial charge in [-0.1, -0.05) is 18.2 Å². The van der Waals surface area contributed by atoms with E-state index >= 15 is 0 Å². The third-order valence-corrected chi connectivity index (χ3v) is 7.53. The molecule has 0 amide bonds. The number of Topliss-reactive ketones (excluding diaryl/α,β-unsaturated/α-hetero) is 1. The maximum absolute atomic E-state index is 15.0. The SMILES string of the molecule is O=C(Cc1cc(-c2ccc(NS(=O)(=O)N3CCOCC3)c(F)c2)c2c(n1)CC=C2)C1CC1. The van der Waals surface area contributed by atoms with Crippen molar-refractivity contribution in [3.63, 3.8) is 0 Å². The van der Waals surface area contributed by atoms with Gasteiger partial charge in [-0.2, -0.15) is 12.7 Å². The lowest BCUT2D eigenvalue weighted by molar-refractivity contribution is -0.119. The standard InChI is InChI=1S/C23H24FN3O4S/c24-20-12-16(6-7-22(20)26-32(29,30)27-8-10-31-11-9-27)19-13-17(14-23(28)15-4-5-15)25-21-3-1-2-18(19)21/h1-2,6-7,12-13,15,26H,3-5,8-11,14H2. The van der Waals surface area contributed by atoms with Crippen LogP contribution in [-0.2, 0) is 32.6 Å². The zero-order valence-electron chi connectivity index (χ0n) is 17.5. The van der Waals surface area contributed by atoms with Crippen molar-refractivity contribution in [2.24, 2.45) is 5.92 Å². The van der Waals surface area contributed by atoms with Crippen LogP contribution in [0.15, 0.2) is 30.3 Å². The molecular formula is C23H24FN3O4S. The first-order chi connectivity index (χ1) is 15.4. The largest absolute Gasteiger partial charge is 0.379 e. The van der Waals surface area contributed by atoms with Gasteiger partial charge in [-0.25, -0.2) is 4.39 Å². The minimum Gasteiger partial charge on any atom is -0.379 e. The van der Waals surface area contributed by atoms with Crippen molar-refractivity contribution in [3.8, 4) is 11.1 Å². The van der Waals surface area contributed by atoms with E-state index < -0.39 is 16.0 Å². The van der Waals surface area contributed by atoms with Gasteiger partial charge < -0.3 is 4.74 Å². The summed E-state index contributed by atoms with van der Waals surface area (Å²) < 4.78 is 48.8. The van der Waals surface area contributed by atoms with E-state index in [1.54, 1.807) is 6.07 Å². The quantitative estimate of drug-likeness (QED) is 0.691. The van der Waals surface area contributed by atoms with Gasteiger partial charge in [-0.05, 0) is 42.2 Å². The van der Waals surface area contributed by atoms with Gasteiger partial charge in [0, 0.05) is 43.1 Å². The zero-order chi connectivity index (χ0) is 22.3. The molecule has 5 rings (SSSR count). The molecule has 0 atom stereocenters. The molecule has 9 heteroatoms. The highest BCUT2D eigenvalue weighted by atomic mass is 32.2. The molecule has 3 aliphatic rings. The second kappa shape index (κ2) is 8.38. The lowest BCUT2D eigenvalue weighted by Gasteiger charge is -2.26. The first kappa shape index (κ1) is 21.2. The summed E-state index contributed by atoms with van der Waals surface area (Å²) >= 11 is 0. The van der Waals surface area contributed by atoms with Crippen molar-refractivity contribution in [1.82, 2.24) is 9.29 Å². The Labute approximate surface area is 186 Å². The number of carbonyl (C=O) groups is 1. The van der Waals surface area contributed by atoms with Gasteiger partial charge in [0.25, 0.3) is 0 Å². The molecule has 2 heterocycles. The molecule has 7 nitrogen and oxygen atoms in total. The molecule has 2 aliphatic carbocycles. The van der Waals surface area contributed by atoms with Crippen LogP contribution in [0.5, 0.6) is 0 Å². The molecule has 32 heavy (non-hydrogen) atoms. The summed E-state index contributed by atoms with van der Waals surface area (Å²) in [5, 5.41) is 0. The number of nitrogens with zero attached hydrogens (tertiary/aromatic N) is 2. The Morgan fingerprint density at radius 3 is 2.72 bits per heavy atom. The fourth-order valence-electron chi connectivity index (χ4n) is 4.11. The summed E-state index contributed by atoms with van der Waals surface area (Å²) in [5.74, 6) is -0.307. The first-order valence-electron chi connectivity index (χ1n) is 10.8. The van der Waals surface area contributed by atoms with E-state index in [-0.39, 0.29) is 36.9 Å². The monoisotopic (exact) mass is 457 g/mol. The van der Waals surface area contributed by atoms with E-state index in [2.05, 4.69) is 9.71 Å². The average molecular weight is 458 g/mol. The highest BCUT2D eigenvalue weighted by Crippen LogP contribution is 2.35. The molecule has 1 saturated carbocycles. The normalized spacial score (nSPS) is 18.5. The van der Waals surface area contributed by atoms with Crippen molar-refractivity contribution in [3.05, 3.63) is 53.1 Å². The number of allylic oxidation sites excluding steroid dienone is 1. The second-order valence-electron chi connectivity index (χ2n) is 8.36. The van der Waals surface area contributed by atoms with Crippen LogP contribution in [0.4, 0.5) is 10.1 Å². The Kier molecular flexibility index (Phi) is 5.56. The van der Waals surface area contributed by atoms with Crippen molar-refractivity contribution < 1.29 is 22.3 Å². The van der Waals surface area contributed by atoms with Crippen LogP contribution >= 0.6 is 0 Å². The highest BCUT2D eigenvalue weighted by Gasteiger charge is 2.30. The minimum absolute atomic E-state index is 0.106. The van der Waals surface area contributed by atoms with Crippen molar-refractivity contribution in [2.75, 3.05) is 31.0 Å². The number of halogens is 1. The Balaban J connectivity index is 1.42. The van der Waals surface area contributed by atoms with Crippen molar-refractivity contribution >= 4 is 27.8 Å². The number of benzene rings is 1. The van der Waals surface area contributed by atoms with E-state index in [9.17, 15) is 17.6 Å². The molecule has 1 aliphatic heterocycles. The third-order valence-electron chi connectivity index (χ3n) is 6.00. The van der Waals surface area contributed by atoms with Gasteiger partial charge in [-0.15, -0.1) is 0 Å². The van der Waals surface area contributed by atoms with E-state index in [0.717, 1.165) is 29.7 Å². The summed E-state index contributed by atoms with van der Waals surface area (Å²) in [5.41, 5.74) is 3.78. The Morgan fingerprint density at radius 2 is 2.00 bits per heavy atom. The van der Waals surface area contributed by atoms with E-state index in [1.165, 1.54) is 16.4 Å². The molecule has 1 N–H and O–H groups in total. The topological polar surface area (TPSA) is 88.6 Å². The van der Waals surface area contributed by atoms with Crippen LogP contribution in [0.1, 0.15) is 29.8 Å². The zero-order valence-corrected chi connectivity index (χ0v) is 18.3. The third kappa shape index (κ3) is 4.32. The van der Waals surface area contributed by atoms with Crippen LogP contribution in [-0.4, -0.2) is 49.8 Å². The lowest BCUT2D eigenvalue weighted by atomic mass is 9.97. The highest BCUT2D eigenvalue weighted by molar-refractivity contribution is 7.90. The van der Waals surface area contributed by atoms with Gasteiger partial charge in [0.1, 0.15) is 11.6 Å². The molecule has 168 valence electrons. The molecule has 0 radical (unpaired) electrons.